The highest BCUT2D eigenvalue weighted by atomic mass is 16.6. The number of ether oxygens (including phenoxy) is 17. The summed E-state index contributed by atoms with van der Waals surface area (Å²) >= 11 is 0. The zero-order valence-corrected chi connectivity index (χ0v) is 40.5. The van der Waals surface area contributed by atoms with Gasteiger partial charge >= 0.3 is 0 Å². The van der Waals surface area contributed by atoms with E-state index in [2.05, 4.69) is 6.92 Å². The average Bonchev–Trinajstić information content (AvgIpc) is 3.30. The van der Waals surface area contributed by atoms with Gasteiger partial charge in [0.2, 0.25) is 0 Å². The fourth-order valence-electron chi connectivity index (χ4n) is 5.32. The van der Waals surface area contributed by atoms with Crippen molar-refractivity contribution in [3.63, 3.8) is 0 Å². The van der Waals surface area contributed by atoms with E-state index in [1.807, 2.05) is 13.8 Å². The minimum atomic E-state index is 0.00106. The number of hydrogen-bond acceptors (Lipinski definition) is 18. The van der Waals surface area contributed by atoms with Crippen LogP contribution in [-0.4, -0.2) is 235 Å². The Kier molecular flexibility index (Phi) is 57.7. The van der Waals surface area contributed by atoms with Gasteiger partial charge in [0, 0.05) is 6.61 Å². The van der Waals surface area contributed by atoms with Gasteiger partial charge in [-0.15, -0.1) is 0 Å². The molecule has 0 aliphatic rings. The molecule has 18 heteroatoms. The number of rotatable bonds is 59. The average molecular weight is 935 g/mol. The molecule has 0 saturated carbocycles. The van der Waals surface area contributed by atoms with Crippen LogP contribution in [0.3, 0.4) is 0 Å². The monoisotopic (exact) mass is 935 g/mol. The molecule has 0 aromatic rings. The molecule has 1 N–H and O–H groups in total. The third kappa shape index (κ3) is 57.4. The smallest absolute Gasteiger partial charge is 0.0781 e. The van der Waals surface area contributed by atoms with E-state index in [9.17, 15) is 0 Å². The summed E-state index contributed by atoms with van der Waals surface area (Å²) in [5.74, 6) is 0. The number of aliphatic hydroxyl groups excluding tert-OH is 1. The Hall–Kier alpha value is -0.720. The lowest BCUT2D eigenvalue weighted by atomic mass is 10.1. The van der Waals surface area contributed by atoms with Gasteiger partial charge in [-0.05, 0) is 20.3 Å². The first kappa shape index (κ1) is 63.3. The quantitative estimate of drug-likeness (QED) is 0.0859. The first-order chi connectivity index (χ1) is 31.7. The number of unbranched alkanes of at least 4 members (excludes halogenated alkanes) is 7. The van der Waals surface area contributed by atoms with Crippen LogP contribution < -0.4 is 0 Å². The molecule has 0 amide bonds. The SMILES string of the molecule is CCCCCCCCCCOCC(C)OCC(C)OCCOCCOCCOCCOCCOCCOCCOCCOCCOCCOCCOCCOCCOCCOCCO. The Morgan fingerprint density at radius 2 is 0.500 bits per heavy atom. The van der Waals surface area contributed by atoms with E-state index < -0.39 is 0 Å². The van der Waals surface area contributed by atoms with Crippen molar-refractivity contribution in [2.75, 3.05) is 218 Å². The lowest BCUT2D eigenvalue weighted by molar-refractivity contribution is -0.0689. The maximum absolute atomic E-state index is 8.60. The van der Waals surface area contributed by atoms with Gasteiger partial charge in [-0.3, -0.25) is 0 Å². The molecular weight excluding hydrogens is 840 g/mol. The molecule has 0 heterocycles. The lowest BCUT2D eigenvalue weighted by Gasteiger charge is -2.18. The largest absolute Gasteiger partial charge is 0.394 e. The molecule has 0 aliphatic heterocycles. The molecule has 0 radical (unpaired) electrons. The molecule has 2 atom stereocenters. The second-order valence-corrected chi connectivity index (χ2v) is 14.7. The predicted octanol–water partition coefficient (Wildman–Crippen LogP) is 4.18. The molecule has 0 saturated heterocycles. The normalized spacial score (nSPS) is 12.8. The van der Waals surface area contributed by atoms with Crippen molar-refractivity contribution < 1.29 is 85.6 Å². The standard InChI is InChI=1S/C46H94O18/c1-4-5-6-7-8-9-10-11-13-62-43-45(2)64-44-46(3)63-42-41-61-40-39-60-38-37-59-36-35-58-34-33-57-32-31-56-30-29-55-28-27-54-26-25-53-24-23-52-22-21-51-20-19-50-18-17-49-16-15-48-14-12-47/h45-47H,4-44H2,1-3H3. The minimum Gasteiger partial charge on any atom is -0.394 e. The van der Waals surface area contributed by atoms with Crippen LogP contribution in [-0.2, 0) is 80.5 Å². The Balaban J connectivity index is 3.16. The van der Waals surface area contributed by atoms with Crippen molar-refractivity contribution in [2.45, 2.75) is 84.3 Å². The van der Waals surface area contributed by atoms with E-state index in [-0.39, 0.29) is 18.8 Å². The molecule has 18 nitrogen and oxygen atoms in total. The van der Waals surface area contributed by atoms with Crippen molar-refractivity contribution in [3.05, 3.63) is 0 Å². The van der Waals surface area contributed by atoms with Gasteiger partial charge in [-0.2, -0.15) is 0 Å². The minimum absolute atomic E-state index is 0.00106. The van der Waals surface area contributed by atoms with Gasteiger partial charge in [-0.25, -0.2) is 0 Å². The topological polar surface area (TPSA) is 177 Å². The van der Waals surface area contributed by atoms with Crippen LogP contribution >= 0.6 is 0 Å². The fourth-order valence-corrected chi connectivity index (χ4v) is 5.32. The first-order valence-corrected chi connectivity index (χ1v) is 24.2. The summed E-state index contributed by atoms with van der Waals surface area (Å²) in [4.78, 5) is 0. The van der Waals surface area contributed by atoms with Crippen molar-refractivity contribution in [1.82, 2.24) is 0 Å². The highest BCUT2D eigenvalue weighted by Crippen LogP contribution is 2.08. The third-order valence-electron chi connectivity index (χ3n) is 8.81. The van der Waals surface area contributed by atoms with Crippen molar-refractivity contribution in [2.24, 2.45) is 0 Å². The van der Waals surface area contributed by atoms with Gasteiger partial charge < -0.3 is 85.6 Å². The second kappa shape index (κ2) is 58.4. The van der Waals surface area contributed by atoms with E-state index in [1.165, 1.54) is 44.9 Å². The maximum Gasteiger partial charge on any atom is 0.0781 e. The Morgan fingerprint density at radius 3 is 0.797 bits per heavy atom. The van der Waals surface area contributed by atoms with Crippen LogP contribution in [0.15, 0.2) is 0 Å². The van der Waals surface area contributed by atoms with E-state index in [1.54, 1.807) is 0 Å². The third-order valence-corrected chi connectivity index (χ3v) is 8.81. The van der Waals surface area contributed by atoms with Crippen LogP contribution in [0.2, 0.25) is 0 Å². The summed E-state index contributed by atoms with van der Waals surface area (Å²) in [7, 11) is 0. The van der Waals surface area contributed by atoms with Gasteiger partial charge in [0.25, 0.3) is 0 Å². The maximum atomic E-state index is 8.60. The van der Waals surface area contributed by atoms with E-state index in [0.29, 0.717) is 205 Å². The van der Waals surface area contributed by atoms with Crippen LogP contribution in [0.4, 0.5) is 0 Å². The van der Waals surface area contributed by atoms with Gasteiger partial charge in [0.1, 0.15) is 0 Å². The highest BCUT2D eigenvalue weighted by molar-refractivity contribution is 4.54. The van der Waals surface area contributed by atoms with Crippen LogP contribution in [0.25, 0.3) is 0 Å². The van der Waals surface area contributed by atoms with E-state index in [4.69, 9.17) is 85.6 Å². The van der Waals surface area contributed by atoms with Crippen LogP contribution in [0.5, 0.6) is 0 Å². The molecule has 0 rings (SSSR count). The van der Waals surface area contributed by atoms with E-state index in [0.717, 1.165) is 13.0 Å². The molecule has 0 spiro atoms. The summed E-state index contributed by atoms with van der Waals surface area (Å²) in [6, 6.07) is 0. The first-order valence-electron chi connectivity index (χ1n) is 24.2. The highest BCUT2D eigenvalue weighted by Gasteiger charge is 2.08. The molecular formula is C46H94O18. The molecule has 0 fully saturated rings. The van der Waals surface area contributed by atoms with Gasteiger partial charge in [0.15, 0.2) is 0 Å². The molecule has 0 aliphatic carbocycles. The molecule has 0 aromatic carbocycles. The van der Waals surface area contributed by atoms with Crippen LogP contribution in [0, 0.1) is 0 Å². The summed E-state index contributed by atoms with van der Waals surface area (Å²) in [6.45, 7) is 22.6. The van der Waals surface area contributed by atoms with Crippen molar-refractivity contribution in [3.8, 4) is 0 Å². The number of aliphatic hydroxyl groups is 1. The molecule has 386 valence electrons. The summed E-state index contributed by atoms with van der Waals surface area (Å²) < 4.78 is 93.9. The van der Waals surface area contributed by atoms with E-state index >= 15 is 0 Å². The van der Waals surface area contributed by atoms with Gasteiger partial charge in [0.05, 0.1) is 224 Å². The summed E-state index contributed by atoms with van der Waals surface area (Å²) in [5.41, 5.74) is 0. The zero-order chi connectivity index (χ0) is 46.2. The molecule has 64 heavy (non-hydrogen) atoms. The Labute approximate surface area is 387 Å². The van der Waals surface area contributed by atoms with Crippen molar-refractivity contribution in [1.29, 1.82) is 0 Å². The zero-order valence-electron chi connectivity index (χ0n) is 40.5. The lowest BCUT2D eigenvalue weighted by Crippen LogP contribution is -2.24. The molecule has 2 unspecified atom stereocenters. The predicted molar refractivity (Wildman–Crippen MR) is 243 cm³/mol. The summed E-state index contributed by atoms with van der Waals surface area (Å²) in [5, 5.41) is 8.60. The Bertz CT molecular complexity index is 823. The number of hydrogen-bond donors (Lipinski definition) is 1. The van der Waals surface area contributed by atoms with Gasteiger partial charge in [-0.1, -0.05) is 51.9 Å². The molecule has 0 bridgehead atoms. The second-order valence-electron chi connectivity index (χ2n) is 14.7. The van der Waals surface area contributed by atoms with Crippen molar-refractivity contribution >= 4 is 0 Å². The summed E-state index contributed by atoms with van der Waals surface area (Å²) in [6.07, 6.45) is 10.5. The fraction of sp³-hybridized carbons (Fsp3) is 1.00. The van der Waals surface area contributed by atoms with Crippen LogP contribution in [0.1, 0.15) is 72.1 Å². The molecule has 0 aromatic heterocycles. The Morgan fingerprint density at radius 1 is 0.250 bits per heavy atom.